The molecular weight excluding hydrogens is 436 g/mol. The van der Waals surface area contributed by atoms with Crippen LogP contribution in [0.1, 0.15) is 60.0 Å². The molecule has 1 aliphatic carbocycles. The average Bonchev–Trinajstić information content (AvgIpc) is 3.58. The minimum absolute atomic E-state index is 0.0557. The van der Waals surface area contributed by atoms with E-state index in [1.807, 2.05) is 0 Å². The van der Waals surface area contributed by atoms with Crippen molar-refractivity contribution in [3.8, 4) is 0 Å². The average molecular weight is 465 g/mol. The topological polar surface area (TPSA) is 118 Å². The number of carbonyl (C=O) groups excluding carboxylic acids is 3. The van der Waals surface area contributed by atoms with Gasteiger partial charge in [-0.1, -0.05) is 25.3 Å². The van der Waals surface area contributed by atoms with Crippen LogP contribution >= 0.6 is 0 Å². The summed E-state index contributed by atoms with van der Waals surface area (Å²) in [5.74, 6) is -0.615. The van der Waals surface area contributed by atoms with Gasteiger partial charge in [-0.3, -0.25) is 19.4 Å². The lowest BCUT2D eigenvalue weighted by molar-refractivity contribution is -0.141. The predicted molar refractivity (Wildman–Crippen MR) is 122 cm³/mol. The Morgan fingerprint density at radius 3 is 2.50 bits per heavy atom. The van der Waals surface area contributed by atoms with Crippen molar-refractivity contribution in [1.29, 1.82) is 0 Å². The fraction of sp³-hybridized carbons (Fsp3) is 0.360. The molecule has 1 saturated carbocycles. The van der Waals surface area contributed by atoms with Crippen molar-refractivity contribution in [2.45, 2.75) is 50.7 Å². The highest BCUT2D eigenvalue weighted by Crippen LogP contribution is 2.25. The maximum absolute atomic E-state index is 13.5. The highest BCUT2D eigenvalue weighted by molar-refractivity contribution is 5.95. The van der Waals surface area contributed by atoms with E-state index in [1.54, 1.807) is 42.7 Å². The van der Waals surface area contributed by atoms with Gasteiger partial charge in [0.15, 0.2) is 5.76 Å². The largest absolute Gasteiger partial charge is 0.467 e. The second-order valence-electron chi connectivity index (χ2n) is 8.29. The predicted octanol–water partition coefficient (Wildman–Crippen LogP) is 3.22. The van der Waals surface area contributed by atoms with E-state index in [-0.39, 0.29) is 30.8 Å². The molecule has 0 spiro atoms. The number of amides is 3. The summed E-state index contributed by atoms with van der Waals surface area (Å²) in [6.07, 6.45) is 11.2. The van der Waals surface area contributed by atoms with E-state index in [9.17, 15) is 14.4 Å². The Bertz CT molecular complexity index is 1060. The summed E-state index contributed by atoms with van der Waals surface area (Å²) < 4.78 is 10.6. The molecule has 3 aromatic rings. The van der Waals surface area contributed by atoms with Gasteiger partial charge in [0.25, 0.3) is 5.91 Å². The summed E-state index contributed by atoms with van der Waals surface area (Å²) in [4.78, 5) is 44.8. The Balaban J connectivity index is 1.58. The van der Waals surface area contributed by atoms with Gasteiger partial charge in [-0.05, 0) is 43.2 Å². The molecule has 0 bridgehead atoms. The van der Waals surface area contributed by atoms with Crippen molar-refractivity contribution in [3.63, 3.8) is 0 Å². The highest BCUT2D eigenvalue weighted by Gasteiger charge is 2.33. The number of hydrogen-bond donors (Lipinski definition) is 2. The molecule has 0 aromatic carbocycles. The third-order valence-electron chi connectivity index (χ3n) is 5.88. The zero-order valence-corrected chi connectivity index (χ0v) is 18.8. The molecule has 1 atom stereocenters. The molecular formula is C25H28N4O5. The van der Waals surface area contributed by atoms with Crippen molar-refractivity contribution < 1.29 is 23.2 Å². The fourth-order valence-electron chi connectivity index (χ4n) is 4.18. The SMILES string of the molecule is O=C(NCC(=O)N(Cc1ccco1)[C@H](C(=O)NC1CCCCC1)c1cccnc1)c1ccco1. The van der Waals surface area contributed by atoms with Gasteiger partial charge in [0.05, 0.1) is 25.6 Å². The van der Waals surface area contributed by atoms with Crippen molar-refractivity contribution in [1.82, 2.24) is 20.5 Å². The van der Waals surface area contributed by atoms with E-state index < -0.39 is 17.9 Å². The summed E-state index contributed by atoms with van der Waals surface area (Å²) in [5, 5.41) is 5.70. The Kier molecular flexibility index (Phi) is 7.75. The van der Waals surface area contributed by atoms with Crippen LogP contribution in [0.25, 0.3) is 0 Å². The first-order valence-corrected chi connectivity index (χ1v) is 11.5. The zero-order chi connectivity index (χ0) is 23.8. The Morgan fingerprint density at radius 1 is 1.03 bits per heavy atom. The molecule has 9 nitrogen and oxygen atoms in total. The maximum Gasteiger partial charge on any atom is 0.287 e. The van der Waals surface area contributed by atoms with Gasteiger partial charge in [-0.2, -0.15) is 0 Å². The van der Waals surface area contributed by atoms with E-state index in [0.29, 0.717) is 11.3 Å². The second-order valence-corrected chi connectivity index (χ2v) is 8.29. The molecule has 0 unspecified atom stereocenters. The van der Waals surface area contributed by atoms with Gasteiger partial charge in [-0.25, -0.2) is 0 Å². The molecule has 2 N–H and O–H groups in total. The summed E-state index contributed by atoms with van der Waals surface area (Å²) >= 11 is 0. The number of nitrogens with one attached hydrogen (secondary N) is 2. The number of hydrogen-bond acceptors (Lipinski definition) is 6. The smallest absolute Gasteiger partial charge is 0.287 e. The molecule has 4 rings (SSSR count). The van der Waals surface area contributed by atoms with Crippen LogP contribution < -0.4 is 10.6 Å². The van der Waals surface area contributed by atoms with Crippen molar-refractivity contribution in [2.24, 2.45) is 0 Å². The lowest BCUT2D eigenvalue weighted by atomic mass is 9.95. The normalized spacial score (nSPS) is 14.8. The van der Waals surface area contributed by atoms with Crippen LogP contribution in [-0.4, -0.2) is 40.2 Å². The molecule has 0 saturated heterocycles. The number of furan rings is 2. The molecule has 34 heavy (non-hydrogen) atoms. The number of rotatable bonds is 9. The van der Waals surface area contributed by atoms with Crippen molar-refractivity contribution >= 4 is 17.7 Å². The fourth-order valence-corrected chi connectivity index (χ4v) is 4.18. The van der Waals surface area contributed by atoms with Gasteiger partial charge in [-0.15, -0.1) is 0 Å². The summed E-state index contributed by atoms with van der Waals surface area (Å²) in [7, 11) is 0. The summed E-state index contributed by atoms with van der Waals surface area (Å²) in [6.45, 7) is -0.256. The zero-order valence-electron chi connectivity index (χ0n) is 18.8. The van der Waals surface area contributed by atoms with Crippen LogP contribution in [0.15, 0.2) is 70.2 Å². The van der Waals surface area contributed by atoms with Crippen LogP contribution in [0.5, 0.6) is 0 Å². The molecule has 1 fully saturated rings. The third-order valence-corrected chi connectivity index (χ3v) is 5.88. The monoisotopic (exact) mass is 464 g/mol. The molecule has 3 aromatic heterocycles. The van der Waals surface area contributed by atoms with E-state index >= 15 is 0 Å². The van der Waals surface area contributed by atoms with Gasteiger partial charge in [0, 0.05) is 24.0 Å². The van der Waals surface area contributed by atoms with Crippen molar-refractivity contribution in [3.05, 3.63) is 78.4 Å². The van der Waals surface area contributed by atoms with E-state index in [2.05, 4.69) is 15.6 Å². The molecule has 0 aliphatic heterocycles. The van der Waals surface area contributed by atoms with Crippen LogP contribution in [0.4, 0.5) is 0 Å². The number of pyridine rings is 1. The van der Waals surface area contributed by atoms with Crippen LogP contribution in [0, 0.1) is 0 Å². The number of aromatic nitrogens is 1. The van der Waals surface area contributed by atoms with Crippen LogP contribution in [0.3, 0.4) is 0 Å². The molecule has 1 aliphatic rings. The number of nitrogens with zero attached hydrogens (tertiary/aromatic N) is 2. The first-order chi connectivity index (χ1) is 16.6. The molecule has 178 valence electrons. The van der Waals surface area contributed by atoms with Gasteiger partial charge >= 0.3 is 0 Å². The van der Waals surface area contributed by atoms with E-state index in [4.69, 9.17) is 8.83 Å². The Morgan fingerprint density at radius 2 is 1.82 bits per heavy atom. The van der Waals surface area contributed by atoms with Gasteiger partial charge < -0.3 is 24.4 Å². The molecule has 0 radical (unpaired) electrons. The van der Waals surface area contributed by atoms with Crippen molar-refractivity contribution in [2.75, 3.05) is 6.54 Å². The molecule has 3 heterocycles. The van der Waals surface area contributed by atoms with Crippen LogP contribution in [-0.2, 0) is 16.1 Å². The minimum Gasteiger partial charge on any atom is -0.467 e. The standard InChI is InChI=1S/C25H28N4O5/c30-22(16-27-24(31)21-11-6-14-34-21)29(17-20-10-5-13-33-20)23(18-7-4-12-26-15-18)25(32)28-19-8-2-1-3-9-19/h4-7,10-15,19,23H,1-3,8-9,16-17H2,(H,27,31)(H,28,32)/t23-/m0/s1. The van der Waals surface area contributed by atoms with E-state index in [0.717, 1.165) is 32.1 Å². The first kappa shape index (κ1) is 23.3. The van der Waals surface area contributed by atoms with Gasteiger partial charge in [0.1, 0.15) is 11.8 Å². The minimum atomic E-state index is -0.936. The Hall–Kier alpha value is -3.88. The highest BCUT2D eigenvalue weighted by atomic mass is 16.3. The second kappa shape index (κ2) is 11.3. The number of carbonyl (C=O) groups is 3. The first-order valence-electron chi connectivity index (χ1n) is 11.5. The maximum atomic E-state index is 13.5. The van der Waals surface area contributed by atoms with Crippen LogP contribution in [0.2, 0.25) is 0 Å². The third kappa shape index (κ3) is 5.92. The van der Waals surface area contributed by atoms with Gasteiger partial charge in [0.2, 0.25) is 11.8 Å². The molecule has 9 heteroatoms. The lowest BCUT2D eigenvalue weighted by Crippen LogP contribution is -2.49. The quantitative estimate of drug-likeness (QED) is 0.502. The van der Waals surface area contributed by atoms with E-state index in [1.165, 1.54) is 23.5 Å². The lowest BCUT2D eigenvalue weighted by Gasteiger charge is -2.32. The molecule has 3 amide bonds. The summed E-state index contributed by atoms with van der Waals surface area (Å²) in [5.41, 5.74) is 0.577. The summed E-state index contributed by atoms with van der Waals surface area (Å²) in [6, 6.07) is 9.18. The Labute approximate surface area is 197 Å².